The third-order valence-electron chi connectivity index (χ3n) is 9.98. The molecule has 4 aromatic carbocycles. The van der Waals surface area contributed by atoms with E-state index >= 15 is 0 Å². The van der Waals surface area contributed by atoms with E-state index in [1.807, 2.05) is 0 Å². The summed E-state index contributed by atoms with van der Waals surface area (Å²) in [4.78, 5) is 30.5. The summed E-state index contributed by atoms with van der Waals surface area (Å²) in [7, 11) is 0. The lowest BCUT2D eigenvalue weighted by molar-refractivity contribution is -0.286. The summed E-state index contributed by atoms with van der Waals surface area (Å²) in [5.41, 5.74) is -0.298. The first-order chi connectivity index (χ1) is 27.6. The number of nitrogens with zero attached hydrogens (tertiary/aromatic N) is 2. The van der Waals surface area contributed by atoms with Gasteiger partial charge in [-0.15, -0.1) is 8.78 Å². The normalized spacial score (nSPS) is 16.1. The van der Waals surface area contributed by atoms with Gasteiger partial charge in [-0.1, -0.05) is 48.5 Å². The number of furan rings is 2. The number of carbonyl (C=O) groups excluding carboxylic acids is 2. The van der Waals surface area contributed by atoms with E-state index < -0.39 is 47.6 Å². The number of hydrogen-bond acceptors (Lipinski definition) is 6. The molecule has 2 aliphatic heterocycles. The molecule has 2 aliphatic rings. The van der Waals surface area contributed by atoms with E-state index in [2.05, 4.69) is 4.74 Å². The lowest BCUT2D eigenvalue weighted by Gasteiger charge is -2.36. The zero-order valence-electron chi connectivity index (χ0n) is 29.3. The average Bonchev–Trinajstić information content (AvgIpc) is 4.00. The van der Waals surface area contributed by atoms with Crippen LogP contribution in [0.4, 0.5) is 35.1 Å². The van der Waals surface area contributed by atoms with E-state index in [1.54, 1.807) is 24.3 Å². The number of halogens is 8. The summed E-state index contributed by atoms with van der Waals surface area (Å²) in [5.74, 6) is -2.73. The Labute approximate surface area is 321 Å². The molecule has 5 heterocycles. The monoisotopic (exact) mass is 804 g/mol. The lowest BCUT2D eigenvalue weighted by Crippen LogP contribution is -2.41. The van der Waals surface area contributed by atoms with Crippen molar-refractivity contribution in [2.75, 3.05) is 6.54 Å². The molecule has 16 heteroatoms. The van der Waals surface area contributed by atoms with Crippen LogP contribution in [-0.4, -0.2) is 34.1 Å². The number of rotatable bonds is 5. The van der Waals surface area contributed by atoms with Crippen LogP contribution in [0.1, 0.15) is 55.1 Å². The second-order valence-electron chi connectivity index (χ2n) is 13.5. The van der Waals surface area contributed by atoms with Crippen molar-refractivity contribution in [1.29, 1.82) is 0 Å². The van der Waals surface area contributed by atoms with E-state index in [4.69, 9.17) is 13.6 Å². The molecule has 58 heavy (non-hydrogen) atoms. The van der Waals surface area contributed by atoms with Crippen LogP contribution in [0.15, 0.2) is 124 Å². The lowest BCUT2D eigenvalue weighted by atomic mass is 9.91. The predicted molar refractivity (Wildman–Crippen MR) is 189 cm³/mol. The largest absolute Gasteiger partial charge is 0.586 e. The molecule has 0 spiro atoms. The molecule has 0 saturated carbocycles. The maximum Gasteiger partial charge on any atom is 0.586 e. The first kappa shape index (κ1) is 36.8. The third-order valence-corrected chi connectivity index (χ3v) is 9.98. The Morgan fingerprint density at radius 1 is 0.638 bits per heavy atom. The van der Waals surface area contributed by atoms with Crippen molar-refractivity contribution in [1.82, 2.24) is 9.47 Å². The topological polar surface area (TPSA) is 87.1 Å². The fraction of sp³-hybridized carbons (Fsp3) is 0.143. The average molecular weight is 805 g/mol. The van der Waals surface area contributed by atoms with Crippen molar-refractivity contribution < 1.29 is 63.0 Å². The molecule has 0 bridgehead atoms. The fourth-order valence-electron chi connectivity index (χ4n) is 7.46. The van der Waals surface area contributed by atoms with Crippen LogP contribution in [0.25, 0.3) is 33.6 Å². The van der Waals surface area contributed by atoms with Gasteiger partial charge in [-0.2, -0.15) is 26.3 Å². The Kier molecular flexibility index (Phi) is 8.31. The third kappa shape index (κ3) is 6.33. The van der Waals surface area contributed by atoms with Crippen LogP contribution in [0.5, 0.6) is 11.5 Å². The first-order valence-electron chi connectivity index (χ1n) is 17.5. The van der Waals surface area contributed by atoms with Gasteiger partial charge in [-0.25, -0.2) is 0 Å². The first-order valence-corrected chi connectivity index (χ1v) is 17.5. The van der Waals surface area contributed by atoms with Gasteiger partial charge in [-0.05, 0) is 84.3 Å². The van der Waals surface area contributed by atoms with Gasteiger partial charge in [0.15, 0.2) is 23.0 Å². The Balaban J connectivity index is 1.17. The number of carbonyl (C=O) groups is 2. The maximum absolute atomic E-state index is 14.7. The fourth-order valence-corrected chi connectivity index (χ4v) is 7.46. The number of fused-ring (bicyclic) bond motifs is 4. The van der Waals surface area contributed by atoms with Crippen LogP contribution < -0.4 is 9.47 Å². The second-order valence-corrected chi connectivity index (χ2v) is 13.5. The molecular weight excluding hydrogens is 780 g/mol. The van der Waals surface area contributed by atoms with Crippen molar-refractivity contribution in [3.05, 3.63) is 155 Å². The standard InChI is InChI=1S/C42H24F8N2O6/c43-40(44,45)25-7-3-5-22(19-25)30-13-15-33(55-30)38(53)51-18-17-28-27-9-1-2-10-29(27)52(37(28)36(51)24-11-12-32-35(21-24)58-42(49,50)57-32)39(54)34-16-14-31(56-34)23-6-4-8-26(20-23)41(46,47)48/h1-16,19-21,36H,17-18H2. The van der Waals surface area contributed by atoms with Gasteiger partial charge in [0.05, 0.1) is 28.4 Å². The molecule has 0 radical (unpaired) electrons. The Morgan fingerprint density at radius 2 is 1.22 bits per heavy atom. The highest BCUT2D eigenvalue weighted by atomic mass is 19.4. The maximum atomic E-state index is 14.7. The van der Waals surface area contributed by atoms with E-state index in [1.165, 1.54) is 76.2 Å². The SMILES string of the molecule is O=C(c1ccc(-c2cccc(C(F)(F)F)c2)o1)N1CCc2c(n(C(=O)c3ccc(-c4cccc(C(F)(F)F)c4)o3)c3ccccc23)C1c1ccc2c(c1)OC(F)(F)O2. The molecule has 8 nitrogen and oxygen atoms in total. The summed E-state index contributed by atoms with van der Waals surface area (Å²) in [5, 5.41) is 0.615. The highest BCUT2D eigenvalue weighted by Gasteiger charge is 2.45. The molecule has 294 valence electrons. The van der Waals surface area contributed by atoms with E-state index in [0.29, 0.717) is 16.5 Å². The summed E-state index contributed by atoms with van der Waals surface area (Å²) in [6.45, 7) is 0.00331. The van der Waals surface area contributed by atoms with Gasteiger partial charge in [0, 0.05) is 23.1 Å². The highest BCUT2D eigenvalue weighted by molar-refractivity contribution is 6.04. The van der Waals surface area contributed by atoms with Gasteiger partial charge in [0.1, 0.15) is 11.5 Å². The molecule has 1 unspecified atom stereocenters. The number of ether oxygens (including phenoxy) is 2. The number of alkyl halides is 8. The minimum absolute atomic E-state index is 0.00331. The van der Waals surface area contributed by atoms with Gasteiger partial charge in [0.25, 0.3) is 11.8 Å². The summed E-state index contributed by atoms with van der Waals surface area (Å²) in [6.07, 6.45) is -13.1. The van der Waals surface area contributed by atoms with Gasteiger partial charge in [0.2, 0.25) is 0 Å². The molecule has 0 fully saturated rings. The molecule has 9 rings (SSSR count). The molecule has 7 aromatic rings. The van der Waals surface area contributed by atoms with Crippen LogP contribution >= 0.6 is 0 Å². The van der Waals surface area contributed by atoms with Gasteiger partial charge in [-0.3, -0.25) is 14.2 Å². The summed E-state index contributed by atoms with van der Waals surface area (Å²) < 4.78 is 132. The molecule has 0 saturated heterocycles. The molecule has 0 N–H and O–H groups in total. The van der Waals surface area contributed by atoms with Crippen LogP contribution in [0, 0.1) is 0 Å². The molecule has 1 amide bonds. The van der Waals surface area contributed by atoms with Crippen molar-refractivity contribution >= 4 is 22.7 Å². The smallest absolute Gasteiger partial charge is 0.451 e. The molecule has 3 aromatic heterocycles. The molecule has 1 atom stereocenters. The van der Waals surface area contributed by atoms with Crippen molar-refractivity contribution in [2.24, 2.45) is 0 Å². The van der Waals surface area contributed by atoms with Crippen LogP contribution in [0.2, 0.25) is 0 Å². The predicted octanol–water partition coefficient (Wildman–Crippen LogP) is 11.0. The van der Waals surface area contributed by atoms with E-state index in [9.17, 15) is 44.7 Å². The number of benzene rings is 4. The number of aromatic nitrogens is 1. The van der Waals surface area contributed by atoms with Crippen molar-refractivity contribution in [3.8, 4) is 34.1 Å². The quantitative estimate of drug-likeness (QED) is 0.161. The Hall–Kier alpha value is -6.84. The Bertz CT molecular complexity index is 2780. The zero-order valence-corrected chi connectivity index (χ0v) is 29.3. The Morgan fingerprint density at radius 3 is 1.84 bits per heavy atom. The minimum Gasteiger partial charge on any atom is -0.451 e. The minimum atomic E-state index is -4.64. The van der Waals surface area contributed by atoms with Crippen molar-refractivity contribution in [3.63, 3.8) is 0 Å². The van der Waals surface area contributed by atoms with Gasteiger partial charge < -0.3 is 23.2 Å². The number of hydrogen-bond donors (Lipinski definition) is 0. The molecule has 0 aliphatic carbocycles. The van der Waals surface area contributed by atoms with E-state index in [0.717, 1.165) is 24.3 Å². The van der Waals surface area contributed by atoms with Crippen LogP contribution in [-0.2, 0) is 18.8 Å². The summed E-state index contributed by atoms with van der Waals surface area (Å²) >= 11 is 0. The summed E-state index contributed by atoms with van der Waals surface area (Å²) in [6, 6.07) is 23.5. The number of amides is 1. The highest BCUT2D eigenvalue weighted by Crippen LogP contribution is 2.47. The van der Waals surface area contributed by atoms with E-state index in [-0.39, 0.29) is 69.9 Å². The molecular formula is C42H24F8N2O6. The second kappa shape index (κ2) is 13.1. The zero-order chi connectivity index (χ0) is 40.7. The van der Waals surface area contributed by atoms with Gasteiger partial charge >= 0.3 is 18.6 Å². The number of para-hydroxylation sites is 1. The van der Waals surface area contributed by atoms with Crippen molar-refractivity contribution in [2.45, 2.75) is 31.1 Å². The van der Waals surface area contributed by atoms with Crippen LogP contribution in [0.3, 0.4) is 0 Å².